The fourth-order valence-electron chi connectivity index (χ4n) is 0.288. The lowest BCUT2D eigenvalue weighted by molar-refractivity contribution is 1.11. The maximum absolute atomic E-state index is 2.66. The Balaban J connectivity index is 2.83. The van der Waals surface area contributed by atoms with Crippen molar-refractivity contribution in [2.24, 2.45) is 0 Å². The van der Waals surface area contributed by atoms with Crippen molar-refractivity contribution in [2.45, 2.75) is 13.3 Å². The second-order valence-corrected chi connectivity index (χ2v) is 7.43. The minimum atomic E-state index is 0.230. The first-order chi connectivity index (χ1) is 3.31. The van der Waals surface area contributed by atoms with Crippen molar-refractivity contribution in [3.63, 3.8) is 0 Å². The van der Waals surface area contributed by atoms with Gasteiger partial charge in [0.2, 0.25) is 0 Å². The molecular formula is C3H9BIP2. The molecule has 0 saturated carbocycles. The highest BCUT2D eigenvalue weighted by Crippen LogP contribution is 2.44. The van der Waals surface area contributed by atoms with Crippen molar-refractivity contribution in [2.75, 3.05) is 6.16 Å². The average Bonchev–Trinajstić information content (AvgIpc) is 1.68. The van der Waals surface area contributed by atoms with Gasteiger partial charge in [-0.2, -0.15) is 9.12 Å². The first-order valence-corrected chi connectivity index (χ1v) is 7.33. The van der Waals surface area contributed by atoms with Gasteiger partial charge in [-0.1, -0.05) is 40.8 Å². The van der Waals surface area contributed by atoms with Crippen molar-refractivity contribution in [1.29, 1.82) is 0 Å². The summed E-state index contributed by atoms with van der Waals surface area (Å²) in [6.45, 7) is 4.45. The van der Waals surface area contributed by atoms with Gasteiger partial charge >= 0.3 is 0 Å². The summed E-state index contributed by atoms with van der Waals surface area (Å²) in [5.74, 6) is 0. The van der Waals surface area contributed by atoms with E-state index >= 15 is 0 Å². The van der Waals surface area contributed by atoms with Crippen molar-refractivity contribution in [3.8, 4) is 0 Å². The van der Waals surface area contributed by atoms with E-state index in [1.165, 1.54) is 12.6 Å². The summed E-state index contributed by atoms with van der Waals surface area (Å²) in [5, 5.41) is 0. The maximum atomic E-state index is 2.66. The number of hydrogen-bond acceptors (Lipinski definition) is 0. The molecule has 0 amide bonds. The molecule has 0 aliphatic heterocycles. The van der Waals surface area contributed by atoms with E-state index in [4.69, 9.17) is 0 Å². The van der Waals surface area contributed by atoms with Gasteiger partial charge < -0.3 is 0 Å². The Hall–Kier alpha value is 1.65. The maximum Gasteiger partial charge on any atom is 0.187 e. The minimum Gasteiger partial charge on any atom is -0.171 e. The quantitative estimate of drug-likeness (QED) is 0.407. The molecule has 0 aromatic carbocycles. The third-order valence-electron chi connectivity index (χ3n) is 0.599. The molecule has 4 heteroatoms. The smallest absolute Gasteiger partial charge is 0.171 e. The van der Waals surface area contributed by atoms with Gasteiger partial charge in [0, 0.05) is 0 Å². The van der Waals surface area contributed by atoms with Crippen LogP contribution in [0.3, 0.4) is 0 Å². The summed E-state index contributed by atoms with van der Waals surface area (Å²) in [7, 11) is 2.66. The van der Waals surface area contributed by atoms with Crippen LogP contribution in [0, 0.1) is 0 Å². The highest BCUT2D eigenvalue weighted by atomic mass is 127. The van der Waals surface area contributed by atoms with Crippen LogP contribution in [-0.2, 0) is 0 Å². The first-order valence-electron chi connectivity index (χ1n) is 2.28. The Labute approximate surface area is 62.8 Å². The molecule has 0 spiro atoms. The molecule has 1 radical (unpaired) electrons. The van der Waals surface area contributed by atoms with E-state index in [2.05, 4.69) is 44.8 Å². The van der Waals surface area contributed by atoms with Gasteiger partial charge in [-0.3, -0.25) is 0 Å². The molecule has 0 bridgehead atoms. The predicted molar refractivity (Wildman–Crippen MR) is 51.6 cm³/mol. The molecule has 0 rings (SSSR count). The molecule has 0 fully saturated rings. The zero-order chi connectivity index (χ0) is 5.70. The van der Waals surface area contributed by atoms with E-state index in [0.717, 1.165) is 0 Å². The highest BCUT2D eigenvalue weighted by Gasteiger charge is 1.95. The summed E-state index contributed by atoms with van der Waals surface area (Å²) in [5.41, 5.74) is 0.230. The number of halogens is 1. The third kappa shape index (κ3) is 5.53. The van der Waals surface area contributed by atoms with Crippen molar-refractivity contribution in [3.05, 3.63) is 0 Å². The van der Waals surface area contributed by atoms with Gasteiger partial charge in [-0.25, -0.2) is 0 Å². The summed E-state index contributed by atoms with van der Waals surface area (Å²) in [6, 6.07) is 0. The fraction of sp³-hybridized carbons (Fsp3) is 1.00. The van der Waals surface area contributed by atoms with Gasteiger partial charge in [0.1, 0.15) is 0 Å². The SMILES string of the molecule is CCCP(I)[B]P. The second kappa shape index (κ2) is 5.79. The van der Waals surface area contributed by atoms with Gasteiger partial charge in [-0.15, -0.1) is 0 Å². The van der Waals surface area contributed by atoms with E-state index in [9.17, 15) is 0 Å². The number of hydrogen-bond donors (Lipinski definition) is 0. The van der Waals surface area contributed by atoms with Gasteiger partial charge in [0.15, 0.2) is 6.72 Å². The Morgan fingerprint density at radius 1 is 1.86 bits per heavy atom. The molecule has 2 atom stereocenters. The summed E-state index contributed by atoms with van der Waals surface area (Å²) in [6.07, 6.45) is 2.69. The lowest BCUT2D eigenvalue weighted by Crippen LogP contribution is -1.75. The Morgan fingerprint density at radius 3 is 2.57 bits per heavy atom. The average molecular weight is 245 g/mol. The molecular weight excluding hydrogens is 236 g/mol. The molecule has 0 saturated heterocycles. The standard InChI is InChI=1S/C3H9BIP2/c1-2-3-7(5)4-6/h2-3,6H2,1H3. The van der Waals surface area contributed by atoms with E-state index in [1.807, 2.05) is 0 Å². The van der Waals surface area contributed by atoms with Gasteiger partial charge in [0.05, 0.1) is 0 Å². The molecule has 0 aliphatic rings. The molecule has 41 valence electrons. The van der Waals surface area contributed by atoms with Crippen molar-refractivity contribution >= 4 is 43.3 Å². The number of rotatable bonds is 3. The first kappa shape index (κ1) is 8.65. The monoisotopic (exact) mass is 245 g/mol. The van der Waals surface area contributed by atoms with Crippen molar-refractivity contribution in [1.82, 2.24) is 0 Å². The molecule has 0 aliphatic carbocycles. The lowest BCUT2D eigenvalue weighted by Gasteiger charge is -2.00. The van der Waals surface area contributed by atoms with Crippen LogP contribution in [0.15, 0.2) is 0 Å². The zero-order valence-electron chi connectivity index (χ0n) is 4.39. The topological polar surface area (TPSA) is 0 Å². The molecule has 0 aromatic rings. The summed E-state index contributed by atoms with van der Waals surface area (Å²) >= 11 is 2.49. The van der Waals surface area contributed by atoms with Crippen LogP contribution in [0.25, 0.3) is 0 Å². The highest BCUT2D eigenvalue weighted by molar-refractivity contribution is 14.2. The Bertz CT molecular complexity index is 43.9. The van der Waals surface area contributed by atoms with Crippen LogP contribution in [-0.4, -0.2) is 12.9 Å². The Morgan fingerprint density at radius 2 is 2.43 bits per heavy atom. The largest absolute Gasteiger partial charge is 0.187 e. The fourth-order valence-corrected chi connectivity index (χ4v) is 2.76. The van der Waals surface area contributed by atoms with Crippen LogP contribution in [0.4, 0.5) is 0 Å². The van der Waals surface area contributed by atoms with Crippen LogP contribution in [0.1, 0.15) is 13.3 Å². The molecule has 0 aromatic heterocycles. The lowest BCUT2D eigenvalue weighted by atomic mass is 10.6. The zero-order valence-corrected chi connectivity index (χ0v) is 8.60. The minimum absolute atomic E-state index is 0.230. The van der Waals surface area contributed by atoms with E-state index in [0.29, 0.717) is 0 Å². The summed E-state index contributed by atoms with van der Waals surface area (Å²) in [4.78, 5) is 0. The molecule has 2 unspecified atom stereocenters. The van der Waals surface area contributed by atoms with Gasteiger partial charge in [0.25, 0.3) is 0 Å². The molecule has 0 nitrogen and oxygen atoms in total. The summed E-state index contributed by atoms with van der Waals surface area (Å²) < 4.78 is 0. The molecule has 7 heavy (non-hydrogen) atoms. The Kier molecular flexibility index (Phi) is 7.15. The van der Waals surface area contributed by atoms with Crippen LogP contribution in [0.5, 0.6) is 0 Å². The normalized spacial score (nSPS) is 13.6. The van der Waals surface area contributed by atoms with Crippen LogP contribution in [0.2, 0.25) is 0 Å². The molecule has 0 N–H and O–H groups in total. The predicted octanol–water partition coefficient (Wildman–Crippen LogP) is 2.64. The van der Waals surface area contributed by atoms with Crippen molar-refractivity contribution < 1.29 is 0 Å². The van der Waals surface area contributed by atoms with E-state index < -0.39 is 0 Å². The third-order valence-corrected chi connectivity index (χ3v) is 7.11. The van der Waals surface area contributed by atoms with E-state index in [1.54, 1.807) is 0 Å². The molecule has 0 heterocycles. The van der Waals surface area contributed by atoms with Gasteiger partial charge in [-0.05, 0) is 6.16 Å². The second-order valence-electron chi connectivity index (χ2n) is 1.27. The van der Waals surface area contributed by atoms with E-state index in [-0.39, 0.29) is 5.44 Å². The van der Waals surface area contributed by atoms with Crippen LogP contribution >= 0.6 is 36.6 Å². The van der Waals surface area contributed by atoms with Crippen LogP contribution < -0.4 is 0 Å².